The van der Waals surface area contributed by atoms with Gasteiger partial charge in [0.2, 0.25) is 0 Å². The molecular weight excluding hydrogens is 901 g/mol. The fourth-order valence-electron chi connectivity index (χ4n) is 8.22. The number of carbonyl (C=O) groups excluding carboxylic acids is 3. The Morgan fingerprint density at radius 1 is 0.288 bits per heavy atom. The standard InChI is InChI=1S/C67H112O6/c1-4-7-10-13-16-19-21-23-25-27-28-29-30-31-32-33-34-35-36-37-38-39-40-41-43-44-46-48-51-54-57-60-66(69)72-63-64(62-71-65(68)59-56-53-50-18-15-12-9-6-3)73-67(70)61-58-55-52-49-47-45-42-26-24-22-20-17-14-11-8-5-2/h7,10,16,19-20,22-23,25-26,28-29,31-32,34-35,37-38,42,64H,4-6,8-9,11-15,17-18,21,24,27,30,33,36,39-41,43-63H2,1-3H3/b10-7-,19-16-,22-20-,25-23-,29-28-,32-31-,35-34-,38-37-,42-26-. The Kier molecular flexibility index (Phi) is 57.4. The lowest BCUT2D eigenvalue weighted by molar-refractivity contribution is -0.167. The van der Waals surface area contributed by atoms with Crippen molar-refractivity contribution < 1.29 is 28.6 Å². The van der Waals surface area contributed by atoms with Gasteiger partial charge in [0, 0.05) is 19.3 Å². The van der Waals surface area contributed by atoms with Crippen LogP contribution in [0.5, 0.6) is 0 Å². The average Bonchev–Trinajstić information content (AvgIpc) is 3.39. The van der Waals surface area contributed by atoms with Crippen LogP contribution in [-0.4, -0.2) is 37.2 Å². The van der Waals surface area contributed by atoms with Crippen LogP contribution in [0.15, 0.2) is 109 Å². The second-order valence-corrected chi connectivity index (χ2v) is 19.9. The molecule has 0 radical (unpaired) electrons. The summed E-state index contributed by atoms with van der Waals surface area (Å²) in [6, 6.07) is 0. The van der Waals surface area contributed by atoms with E-state index >= 15 is 0 Å². The predicted octanol–water partition coefficient (Wildman–Crippen LogP) is 20.7. The molecule has 0 saturated heterocycles. The highest BCUT2D eigenvalue weighted by Crippen LogP contribution is 2.15. The van der Waals surface area contributed by atoms with Crippen molar-refractivity contribution in [2.45, 2.75) is 284 Å². The third kappa shape index (κ3) is 58.8. The van der Waals surface area contributed by atoms with Gasteiger partial charge < -0.3 is 14.2 Å². The molecule has 416 valence electrons. The van der Waals surface area contributed by atoms with Crippen LogP contribution < -0.4 is 0 Å². The number of rotatable bonds is 54. The van der Waals surface area contributed by atoms with Crippen molar-refractivity contribution in [1.29, 1.82) is 0 Å². The maximum atomic E-state index is 12.8. The largest absolute Gasteiger partial charge is 0.462 e. The predicted molar refractivity (Wildman–Crippen MR) is 316 cm³/mol. The molecular formula is C67H112O6. The van der Waals surface area contributed by atoms with E-state index in [4.69, 9.17) is 14.2 Å². The van der Waals surface area contributed by atoms with E-state index in [0.29, 0.717) is 19.3 Å². The summed E-state index contributed by atoms with van der Waals surface area (Å²) in [6.07, 6.45) is 82.4. The Hall–Kier alpha value is -3.93. The van der Waals surface area contributed by atoms with Gasteiger partial charge in [-0.2, -0.15) is 0 Å². The summed E-state index contributed by atoms with van der Waals surface area (Å²) in [4.78, 5) is 38.0. The first-order valence-electron chi connectivity index (χ1n) is 30.4. The summed E-state index contributed by atoms with van der Waals surface area (Å²) in [5.41, 5.74) is 0. The van der Waals surface area contributed by atoms with E-state index in [0.717, 1.165) is 135 Å². The lowest BCUT2D eigenvalue weighted by atomic mass is 10.1. The molecule has 0 saturated carbocycles. The fraction of sp³-hybridized carbons (Fsp3) is 0.687. The zero-order valence-corrected chi connectivity index (χ0v) is 47.6. The molecule has 0 amide bonds. The molecule has 0 rings (SSSR count). The van der Waals surface area contributed by atoms with Gasteiger partial charge in [0.05, 0.1) is 0 Å². The fourth-order valence-corrected chi connectivity index (χ4v) is 8.22. The summed E-state index contributed by atoms with van der Waals surface area (Å²) in [6.45, 7) is 6.47. The molecule has 0 aliphatic rings. The zero-order valence-electron chi connectivity index (χ0n) is 47.6. The number of allylic oxidation sites excluding steroid dienone is 18. The molecule has 0 bridgehead atoms. The molecule has 73 heavy (non-hydrogen) atoms. The van der Waals surface area contributed by atoms with Gasteiger partial charge in [-0.1, -0.05) is 259 Å². The second-order valence-electron chi connectivity index (χ2n) is 19.9. The molecule has 1 atom stereocenters. The van der Waals surface area contributed by atoms with Crippen LogP contribution in [0.1, 0.15) is 278 Å². The number of hydrogen-bond donors (Lipinski definition) is 0. The highest BCUT2D eigenvalue weighted by atomic mass is 16.6. The molecule has 0 aromatic carbocycles. The van der Waals surface area contributed by atoms with Gasteiger partial charge >= 0.3 is 17.9 Å². The van der Waals surface area contributed by atoms with E-state index in [1.54, 1.807) is 0 Å². The van der Waals surface area contributed by atoms with Crippen molar-refractivity contribution >= 4 is 17.9 Å². The molecule has 6 heteroatoms. The average molecular weight is 1010 g/mol. The smallest absolute Gasteiger partial charge is 0.306 e. The number of unbranched alkanes of at least 4 members (excludes halogenated alkanes) is 25. The first-order valence-corrected chi connectivity index (χ1v) is 30.4. The van der Waals surface area contributed by atoms with Gasteiger partial charge in [0.15, 0.2) is 6.10 Å². The summed E-state index contributed by atoms with van der Waals surface area (Å²) >= 11 is 0. The summed E-state index contributed by atoms with van der Waals surface area (Å²) < 4.78 is 16.8. The third-order valence-electron chi connectivity index (χ3n) is 12.8. The van der Waals surface area contributed by atoms with E-state index in [1.807, 2.05) is 0 Å². The third-order valence-corrected chi connectivity index (χ3v) is 12.8. The number of esters is 3. The number of carbonyl (C=O) groups is 3. The summed E-state index contributed by atoms with van der Waals surface area (Å²) in [5, 5.41) is 0. The molecule has 0 aromatic rings. The van der Waals surface area contributed by atoms with Crippen LogP contribution >= 0.6 is 0 Å². The Balaban J connectivity index is 4.19. The van der Waals surface area contributed by atoms with Gasteiger partial charge in [-0.3, -0.25) is 14.4 Å². The molecule has 0 N–H and O–H groups in total. The van der Waals surface area contributed by atoms with Gasteiger partial charge in [-0.05, 0) is 109 Å². The SMILES string of the molecule is CC/C=C\C/C=C\C/C=C\C/C=C\C/C=C\C/C=C\C/C=C\CCCCCCCCCCCC(=O)OCC(COC(=O)CCCCCCCCCC)OC(=O)CCCCCCC/C=C\C/C=C\CCCCCC. The number of ether oxygens (including phenoxy) is 3. The van der Waals surface area contributed by atoms with E-state index in [-0.39, 0.29) is 31.1 Å². The molecule has 0 aliphatic heterocycles. The van der Waals surface area contributed by atoms with E-state index in [2.05, 4.69) is 130 Å². The van der Waals surface area contributed by atoms with Gasteiger partial charge in [-0.15, -0.1) is 0 Å². The van der Waals surface area contributed by atoms with Crippen LogP contribution in [0.25, 0.3) is 0 Å². The monoisotopic (exact) mass is 1010 g/mol. The van der Waals surface area contributed by atoms with Crippen molar-refractivity contribution in [3.63, 3.8) is 0 Å². The summed E-state index contributed by atoms with van der Waals surface area (Å²) in [5.74, 6) is -0.907. The Morgan fingerprint density at radius 3 is 0.849 bits per heavy atom. The van der Waals surface area contributed by atoms with Crippen LogP contribution in [0.2, 0.25) is 0 Å². The van der Waals surface area contributed by atoms with Crippen molar-refractivity contribution in [2.24, 2.45) is 0 Å². The minimum absolute atomic E-state index is 0.0844. The van der Waals surface area contributed by atoms with Crippen LogP contribution in [-0.2, 0) is 28.6 Å². The van der Waals surface area contributed by atoms with Crippen LogP contribution in [0.3, 0.4) is 0 Å². The topological polar surface area (TPSA) is 78.9 Å². The molecule has 0 heterocycles. The highest BCUT2D eigenvalue weighted by Gasteiger charge is 2.19. The van der Waals surface area contributed by atoms with Gasteiger partial charge in [0.25, 0.3) is 0 Å². The Bertz CT molecular complexity index is 1490. The van der Waals surface area contributed by atoms with Crippen molar-refractivity contribution in [1.82, 2.24) is 0 Å². The highest BCUT2D eigenvalue weighted by molar-refractivity contribution is 5.71. The molecule has 0 aromatic heterocycles. The van der Waals surface area contributed by atoms with E-state index < -0.39 is 6.10 Å². The van der Waals surface area contributed by atoms with E-state index in [1.165, 1.54) is 103 Å². The van der Waals surface area contributed by atoms with Crippen molar-refractivity contribution in [3.05, 3.63) is 109 Å². The quantitative estimate of drug-likeness (QED) is 0.0261. The normalized spacial score (nSPS) is 12.9. The molecule has 0 aliphatic carbocycles. The minimum Gasteiger partial charge on any atom is -0.462 e. The van der Waals surface area contributed by atoms with Gasteiger partial charge in [-0.25, -0.2) is 0 Å². The lowest BCUT2D eigenvalue weighted by Gasteiger charge is -2.18. The van der Waals surface area contributed by atoms with Crippen molar-refractivity contribution in [3.8, 4) is 0 Å². The van der Waals surface area contributed by atoms with Gasteiger partial charge in [0.1, 0.15) is 13.2 Å². The number of hydrogen-bond acceptors (Lipinski definition) is 6. The summed E-state index contributed by atoms with van der Waals surface area (Å²) in [7, 11) is 0. The Labute approximate surface area is 450 Å². The van der Waals surface area contributed by atoms with Crippen LogP contribution in [0, 0.1) is 0 Å². The molecule has 0 fully saturated rings. The van der Waals surface area contributed by atoms with Crippen molar-refractivity contribution in [2.75, 3.05) is 13.2 Å². The molecule has 1 unspecified atom stereocenters. The Morgan fingerprint density at radius 2 is 0.534 bits per heavy atom. The maximum absolute atomic E-state index is 12.8. The van der Waals surface area contributed by atoms with Crippen LogP contribution in [0.4, 0.5) is 0 Å². The molecule has 0 spiro atoms. The lowest BCUT2D eigenvalue weighted by Crippen LogP contribution is -2.30. The zero-order chi connectivity index (χ0) is 52.9. The molecule has 6 nitrogen and oxygen atoms in total. The van der Waals surface area contributed by atoms with E-state index in [9.17, 15) is 14.4 Å². The first kappa shape index (κ1) is 69.1. The first-order chi connectivity index (χ1) is 36.0. The second kappa shape index (κ2) is 60.6. The maximum Gasteiger partial charge on any atom is 0.306 e. The minimum atomic E-state index is -0.786.